The lowest BCUT2D eigenvalue weighted by Gasteiger charge is -2.41. The number of hydrogen-bond acceptors (Lipinski definition) is 9. The topological polar surface area (TPSA) is 135 Å². The highest BCUT2D eigenvalue weighted by Gasteiger charge is 2.35. The molecule has 47 heavy (non-hydrogen) atoms. The molecule has 1 N–H and O–H groups in total. The van der Waals surface area contributed by atoms with Gasteiger partial charge in [0, 0.05) is 61.8 Å². The van der Waals surface area contributed by atoms with Gasteiger partial charge < -0.3 is 34.2 Å². The van der Waals surface area contributed by atoms with Crippen LogP contribution in [0.25, 0.3) is 10.8 Å². The summed E-state index contributed by atoms with van der Waals surface area (Å²) in [6.07, 6.45) is 0.180. The van der Waals surface area contributed by atoms with Crippen molar-refractivity contribution in [3.05, 3.63) is 52.7 Å². The molecule has 3 aliphatic heterocycles. The molecule has 1 aromatic heterocycles. The van der Waals surface area contributed by atoms with Crippen molar-refractivity contribution in [3.63, 3.8) is 0 Å². The second-order valence-electron chi connectivity index (χ2n) is 13.4. The van der Waals surface area contributed by atoms with Crippen LogP contribution in [0.2, 0.25) is 5.02 Å². The molecule has 13 heteroatoms. The highest BCUT2D eigenvalue weighted by atomic mass is 35.5. The van der Waals surface area contributed by atoms with E-state index in [0.29, 0.717) is 57.3 Å². The van der Waals surface area contributed by atoms with Crippen LogP contribution in [0.5, 0.6) is 6.01 Å². The maximum atomic E-state index is 12.6. The Morgan fingerprint density at radius 3 is 2.60 bits per heavy atom. The Morgan fingerprint density at radius 2 is 1.85 bits per heavy atom. The molecule has 6 rings (SSSR count). The molecule has 2 amide bonds. The van der Waals surface area contributed by atoms with E-state index in [9.17, 15) is 20.0 Å². The molecule has 12 nitrogen and oxygen atoms in total. The lowest BCUT2D eigenvalue weighted by molar-refractivity contribution is 0.0284. The summed E-state index contributed by atoms with van der Waals surface area (Å²) in [6, 6.07) is 14.0. The van der Waals surface area contributed by atoms with E-state index in [0.717, 1.165) is 40.0 Å². The zero-order chi connectivity index (χ0) is 33.3. The van der Waals surface area contributed by atoms with Gasteiger partial charge in [-0.25, -0.2) is 9.59 Å². The second kappa shape index (κ2) is 13.3. The van der Waals surface area contributed by atoms with Gasteiger partial charge in [-0.15, -0.1) is 0 Å². The van der Waals surface area contributed by atoms with Crippen molar-refractivity contribution in [1.29, 1.82) is 5.26 Å². The third kappa shape index (κ3) is 7.10. The summed E-state index contributed by atoms with van der Waals surface area (Å²) in [5, 5.41) is 21.9. The summed E-state index contributed by atoms with van der Waals surface area (Å²) in [5.74, 6) is 0.814. The number of nitrogens with zero attached hydrogens (tertiary/aromatic N) is 7. The number of carboxylic acid groups (broad SMARTS) is 1. The summed E-state index contributed by atoms with van der Waals surface area (Å²) in [4.78, 5) is 41.7. The Labute approximate surface area is 279 Å². The zero-order valence-corrected chi connectivity index (χ0v) is 27.7. The maximum absolute atomic E-state index is 12.6. The number of carbonyl (C=O) groups excluding carboxylic acids is 1. The number of nitriles is 1. The molecule has 0 bridgehead atoms. The first-order valence-electron chi connectivity index (χ1n) is 16.0. The summed E-state index contributed by atoms with van der Waals surface area (Å²) in [7, 11) is 0. The predicted molar refractivity (Wildman–Crippen MR) is 178 cm³/mol. The molecule has 2 atom stereocenters. The van der Waals surface area contributed by atoms with Gasteiger partial charge in [0.15, 0.2) is 0 Å². The van der Waals surface area contributed by atoms with Crippen LogP contribution in [0.15, 0.2) is 36.4 Å². The van der Waals surface area contributed by atoms with Crippen molar-refractivity contribution in [2.24, 2.45) is 5.92 Å². The van der Waals surface area contributed by atoms with Crippen LogP contribution in [-0.2, 0) is 17.7 Å². The number of likely N-dealkylation sites (tertiary alicyclic amines) is 1. The molecule has 3 aromatic rings. The second-order valence-corrected chi connectivity index (χ2v) is 13.8. The molecule has 248 valence electrons. The molecule has 2 fully saturated rings. The molecular weight excluding hydrogens is 622 g/mol. The van der Waals surface area contributed by atoms with Gasteiger partial charge in [-0.3, -0.25) is 0 Å². The molecule has 0 saturated carbocycles. The fourth-order valence-electron chi connectivity index (χ4n) is 6.69. The number of benzene rings is 2. The van der Waals surface area contributed by atoms with Gasteiger partial charge in [-0.1, -0.05) is 35.9 Å². The summed E-state index contributed by atoms with van der Waals surface area (Å²) in [6.45, 7) is 9.29. The first-order chi connectivity index (χ1) is 22.5. The molecule has 0 spiro atoms. The average molecular weight is 662 g/mol. The van der Waals surface area contributed by atoms with Gasteiger partial charge in [-0.05, 0) is 51.1 Å². The number of fused-ring (bicyclic) bond motifs is 2. The van der Waals surface area contributed by atoms with Gasteiger partial charge in [0.25, 0.3) is 0 Å². The highest BCUT2D eigenvalue weighted by molar-refractivity contribution is 6.36. The molecule has 3 aliphatic rings. The lowest BCUT2D eigenvalue weighted by Crippen LogP contribution is -2.55. The predicted octanol–water partition coefficient (Wildman–Crippen LogP) is 5.56. The molecular formula is C34H40ClN7O5. The summed E-state index contributed by atoms with van der Waals surface area (Å²) in [5.41, 5.74) is 2.29. The fraction of sp³-hybridized carbons (Fsp3) is 0.500. The number of hydrogen-bond donors (Lipinski definition) is 1. The van der Waals surface area contributed by atoms with Crippen molar-refractivity contribution < 1.29 is 24.2 Å². The van der Waals surface area contributed by atoms with Crippen LogP contribution < -0.4 is 14.5 Å². The number of aromatic nitrogens is 2. The Kier molecular flexibility index (Phi) is 9.19. The number of anilines is 2. The quantitative estimate of drug-likeness (QED) is 0.357. The molecule has 2 aromatic carbocycles. The lowest BCUT2D eigenvalue weighted by atomic mass is 10.0. The minimum absolute atomic E-state index is 0.0882. The van der Waals surface area contributed by atoms with Gasteiger partial charge >= 0.3 is 18.2 Å². The van der Waals surface area contributed by atoms with Crippen LogP contribution in [0.3, 0.4) is 0 Å². The standard InChI is InChI=1S/C34H40ClN7O5/c1-34(2,3)47-33(45)41-14-11-22(18-41)21-46-31-37-27-20-39(28-9-5-7-23-6-4-8-26(35)29(23)28)15-12-25(27)30(38-31)40-16-17-42(32(43)44)24(19-40)10-13-36/h4-9,22,24H,10-12,14-21H2,1-3H3,(H,43,44). The Bertz CT molecular complexity index is 1700. The van der Waals surface area contributed by atoms with Crippen LogP contribution in [0.4, 0.5) is 21.1 Å². The number of halogens is 1. The van der Waals surface area contributed by atoms with E-state index in [2.05, 4.69) is 34.1 Å². The smallest absolute Gasteiger partial charge is 0.410 e. The van der Waals surface area contributed by atoms with Crippen molar-refractivity contribution in [3.8, 4) is 12.1 Å². The van der Waals surface area contributed by atoms with Crippen LogP contribution in [0, 0.1) is 17.2 Å². The van der Waals surface area contributed by atoms with Crippen molar-refractivity contribution in [1.82, 2.24) is 19.8 Å². The maximum Gasteiger partial charge on any atom is 0.410 e. The minimum atomic E-state index is -1.03. The molecule has 2 saturated heterocycles. The number of carbonyl (C=O) groups is 2. The first-order valence-corrected chi connectivity index (χ1v) is 16.4. The normalized spacial score (nSPS) is 19.8. The third-order valence-corrected chi connectivity index (χ3v) is 9.25. The molecule has 4 heterocycles. The van der Waals surface area contributed by atoms with E-state index in [4.69, 9.17) is 31.0 Å². The van der Waals surface area contributed by atoms with Gasteiger partial charge in [0.1, 0.15) is 11.4 Å². The largest absolute Gasteiger partial charge is 0.465 e. The first kappa shape index (κ1) is 32.4. The number of rotatable bonds is 6. The highest BCUT2D eigenvalue weighted by Crippen LogP contribution is 2.37. The van der Waals surface area contributed by atoms with E-state index in [1.54, 1.807) is 4.90 Å². The SMILES string of the molecule is CC(C)(C)OC(=O)N1CCC(COc2nc3c(c(N4CCN(C(=O)O)C(CC#N)C4)n2)CCN(c2cccc4cccc(Cl)c24)C3)C1. The Morgan fingerprint density at radius 1 is 1.06 bits per heavy atom. The average Bonchev–Trinajstić information content (AvgIpc) is 3.52. The van der Waals surface area contributed by atoms with Gasteiger partial charge in [0.05, 0.1) is 42.4 Å². The van der Waals surface area contributed by atoms with Crippen molar-refractivity contribution in [2.45, 2.75) is 58.2 Å². The van der Waals surface area contributed by atoms with Crippen LogP contribution >= 0.6 is 11.6 Å². The van der Waals surface area contributed by atoms with Crippen LogP contribution in [0.1, 0.15) is 44.9 Å². The van der Waals surface area contributed by atoms with E-state index in [-0.39, 0.29) is 31.0 Å². The Balaban J connectivity index is 1.27. The van der Waals surface area contributed by atoms with E-state index in [1.807, 2.05) is 39.0 Å². The minimum Gasteiger partial charge on any atom is -0.465 e. The number of piperazine rings is 1. The molecule has 0 aliphatic carbocycles. The number of ether oxygens (including phenoxy) is 2. The van der Waals surface area contributed by atoms with Crippen LogP contribution in [-0.4, -0.2) is 94.6 Å². The van der Waals surface area contributed by atoms with Crippen molar-refractivity contribution >= 4 is 46.1 Å². The third-order valence-electron chi connectivity index (χ3n) is 8.94. The van der Waals surface area contributed by atoms with Crippen molar-refractivity contribution in [2.75, 3.05) is 55.7 Å². The summed E-state index contributed by atoms with van der Waals surface area (Å²) >= 11 is 6.69. The Hall–Kier alpha value is -4.50. The summed E-state index contributed by atoms with van der Waals surface area (Å²) < 4.78 is 11.8. The fourth-order valence-corrected chi connectivity index (χ4v) is 6.97. The van der Waals surface area contributed by atoms with E-state index >= 15 is 0 Å². The zero-order valence-electron chi connectivity index (χ0n) is 27.0. The molecule has 0 radical (unpaired) electrons. The number of amides is 2. The van der Waals surface area contributed by atoms with Gasteiger partial charge in [0.2, 0.25) is 0 Å². The van der Waals surface area contributed by atoms with E-state index < -0.39 is 17.7 Å². The van der Waals surface area contributed by atoms with Gasteiger partial charge in [-0.2, -0.15) is 15.2 Å². The monoisotopic (exact) mass is 661 g/mol. The molecule has 2 unspecified atom stereocenters. The van der Waals surface area contributed by atoms with E-state index in [1.165, 1.54) is 4.90 Å².